The average molecular weight is 401 g/mol. The van der Waals surface area contributed by atoms with Gasteiger partial charge in [0.2, 0.25) is 5.96 Å². The van der Waals surface area contributed by atoms with Crippen LogP contribution in [0, 0.1) is 23.0 Å². The Hall–Kier alpha value is -4.00. The lowest BCUT2D eigenvalue weighted by Gasteiger charge is -2.11. The number of nitriles is 1. The number of methoxy groups -OCH3 is 1. The molecule has 0 aliphatic heterocycles. The fraction of sp³-hybridized carbons (Fsp3) is 0.158. The molecule has 0 aliphatic rings. The summed E-state index contributed by atoms with van der Waals surface area (Å²) in [5.74, 6) is -3.08. The number of ether oxygens (including phenoxy) is 1. The van der Waals surface area contributed by atoms with Gasteiger partial charge in [-0.15, -0.1) is 0 Å². The number of amides is 1. The molecule has 0 fully saturated rings. The molecule has 10 heteroatoms. The molecule has 4 N–H and O–H groups in total. The first kappa shape index (κ1) is 21.3. The van der Waals surface area contributed by atoms with E-state index in [0.29, 0.717) is 0 Å². The number of carbonyl (C=O) groups excluding carboxylic acids is 2. The monoisotopic (exact) mass is 401 g/mol. The van der Waals surface area contributed by atoms with Gasteiger partial charge in [0.15, 0.2) is 0 Å². The van der Waals surface area contributed by atoms with Crippen molar-refractivity contribution in [2.75, 3.05) is 7.11 Å². The van der Waals surface area contributed by atoms with E-state index in [1.54, 1.807) is 6.07 Å². The summed E-state index contributed by atoms with van der Waals surface area (Å²) in [6.45, 7) is -0.147. The summed E-state index contributed by atoms with van der Waals surface area (Å²) in [5.41, 5.74) is 10.3. The Labute approximate surface area is 165 Å². The molecule has 2 rings (SSSR count). The van der Waals surface area contributed by atoms with E-state index in [-0.39, 0.29) is 41.2 Å². The van der Waals surface area contributed by atoms with Crippen LogP contribution in [-0.4, -0.2) is 24.9 Å². The summed E-state index contributed by atoms with van der Waals surface area (Å²) in [7, 11) is 1.13. The molecule has 0 bridgehead atoms. The zero-order valence-corrected chi connectivity index (χ0v) is 15.3. The molecule has 0 aromatic heterocycles. The van der Waals surface area contributed by atoms with Crippen molar-refractivity contribution in [1.82, 2.24) is 10.9 Å². The van der Waals surface area contributed by atoms with Crippen LogP contribution in [-0.2, 0) is 16.1 Å². The zero-order valence-electron chi connectivity index (χ0n) is 15.3. The smallest absolute Gasteiger partial charge is 0.341 e. The maximum atomic E-state index is 14.5. The van der Waals surface area contributed by atoms with Crippen LogP contribution in [0.25, 0.3) is 11.1 Å². The zero-order chi connectivity index (χ0) is 21.4. The number of aliphatic imine (C=N–C) groups is 1. The largest absolute Gasteiger partial charge is 0.465 e. The van der Waals surface area contributed by atoms with Crippen molar-refractivity contribution >= 4 is 17.8 Å². The normalized spacial score (nSPS) is 10.8. The third-order valence-corrected chi connectivity index (χ3v) is 3.76. The van der Waals surface area contributed by atoms with Crippen LogP contribution in [0.15, 0.2) is 41.4 Å². The fourth-order valence-electron chi connectivity index (χ4n) is 2.38. The number of rotatable bonds is 5. The Bertz CT molecular complexity index is 1000. The number of benzene rings is 2. The summed E-state index contributed by atoms with van der Waals surface area (Å²) in [4.78, 5) is 26.9. The summed E-state index contributed by atoms with van der Waals surface area (Å²) in [5, 5.41) is 8.38. The number of hydrogen-bond acceptors (Lipinski definition) is 5. The number of guanidine groups is 1. The van der Waals surface area contributed by atoms with E-state index >= 15 is 0 Å². The van der Waals surface area contributed by atoms with Crippen LogP contribution in [0.3, 0.4) is 0 Å². The summed E-state index contributed by atoms with van der Waals surface area (Å²) < 4.78 is 33.1. The lowest BCUT2D eigenvalue weighted by atomic mass is 9.98. The number of nitrogens with two attached hydrogens (primary N) is 1. The predicted octanol–water partition coefficient (Wildman–Crippen LogP) is 1.77. The third-order valence-electron chi connectivity index (χ3n) is 3.76. The predicted molar refractivity (Wildman–Crippen MR) is 100.0 cm³/mol. The van der Waals surface area contributed by atoms with Crippen LogP contribution < -0.4 is 16.6 Å². The second kappa shape index (κ2) is 9.80. The van der Waals surface area contributed by atoms with Gasteiger partial charge in [0.1, 0.15) is 23.6 Å². The van der Waals surface area contributed by atoms with Gasteiger partial charge in [0.05, 0.1) is 19.7 Å². The van der Waals surface area contributed by atoms with E-state index in [2.05, 4.69) is 20.6 Å². The first-order valence-corrected chi connectivity index (χ1v) is 8.24. The van der Waals surface area contributed by atoms with E-state index in [9.17, 15) is 18.4 Å². The minimum Gasteiger partial charge on any atom is -0.465 e. The molecule has 2 aromatic rings. The Kier molecular flexibility index (Phi) is 7.20. The lowest BCUT2D eigenvalue weighted by Crippen LogP contribution is -2.45. The minimum absolute atomic E-state index is 0.147. The maximum Gasteiger partial charge on any atom is 0.341 e. The van der Waals surface area contributed by atoms with Gasteiger partial charge >= 0.3 is 5.97 Å². The second-order valence-corrected chi connectivity index (χ2v) is 5.67. The van der Waals surface area contributed by atoms with Gasteiger partial charge in [0.25, 0.3) is 5.91 Å². The standard InChI is InChI=1S/C19H17F2N5O3/c1-29-18(28)17-13(3-2-4-14(17)20)11-5-6-12(15(21)9-11)10-24-19(23)26-25-16(27)7-8-22/h2-6,9H,7,10H2,1H3,(H,25,27)(H3,23,24,26). The van der Waals surface area contributed by atoms with E-state index in [0.717, 1.165) is 19.2 Å². The molecule has 150 valence electrons. The molecule has 1 amide bonds. The minimum atomic E-state index is -0.871. The highest BCUT2D eigenvalue weighted by Gasteiger charge is 2.19. The van der Waals surface area contributed by atoms with Crippen molar-refractivity contribution in [3.8, 4) is 17.2 Å². The molecule has 0 saturated carbocycles. The molecular weight excluding hydrogens is 384 g/mol. The number of esters is 1. The van der Waals surface area contributed by atoms with Crippen LogP contribution in [0.5, 0.6) is 0 Å². The summed E-state index contributed by atoms with van der Waals surface area (Å²) >= 11 is 0. The van der Waals surface area contributed by atoms with Crippen molar-refractivity contribution in [3.63, 3.8) is 0 Å². The molecule has 0 saturated heterocycles. The fourth-order valence-corrected chi connectivity index (χ4v) is 2.38. The van der Waals surface area contributed by atoms with E-state index in [1.807, 2.05) is 0 Å². The molecule has 0 radical (unpaired) electrons. The van der Waals surface area contributed by atoms with Crippen LogP contribution in [0.2, 0.25) is 0 Å². The van der Waals surface area contributed by atoms with E-state index < -0.39 is 23.5 Å². The third kappa shape index (κ3) is 5.49. The highest BCUT2D eigenvalue weighted by atomic mass is 19.1. The SMILES string of the molecule is COC(=O)c1c(F)cccc1-c1ccc(CN=C(N)NNC(=O)CC#N)c(F)c1. The van der Waals surface area contributed by atoms with Gasteiger partial charge < -0.3 is 10.5 Å². The Morgan fingerprint density at radius 2 is 1.97 bits per heavy atom. The molecule has 2 aromatic carbocycles. The molecule has 0 atom stereocenters. The quantitative estimate of drug-likeness (QED) is 0.303. The van der Waals surface area contributed by atoms with Crippen LogP contribution >= 0.6 is 0 Å². The lowest BCUT2D eigenvalue weighted by molar-refractivity contribution is -0.120. The van der Waals surface area contributed by atoms with Gasteiger partial charge in [0, 0.05) is 5.56 Å². The molecule has 0 spiro atoms. The van der Waals surface area contributed by atoms with E-state index in [1.165, 1.54) is 24.3 Å². The number of nitrogens with one attached hydrogen (secondary N) is 2. The van der Waals surface area contributed by atoms with Crippen molar-refractivity contribution in [2.24, 2.45) is 10.7 Å². The maximum absolute atomic E-state index is 14.5. The number of hydrazine groups is 1. The van der Waals surface area contributed by atoms with Crippen molar-refractivity contribution in [1.29, 1.82) is 5.26 Å². The highest BCUT2D eigenvalue weighted by molar-refractivity contribution is 5.97. The summed E-state index contributed by atoms with van der Waals surface area (Å²) in [6.07, 6.45) is -0.357. The molecular formula is C19H17F2N5O3. The molecule has 29 heavy (non-hydrogen) atoms. The number of nitrogens with zero attached hydrogens (tertiary/aromatic N) is 2. The molecule has 8 nitrogen and oxygen atoms in total. The number of halogens is 2. The van der Waals surface area contributed by atoms with Gasteiger partial charge in [-0.3, -0.25) is 15.6 Å². The van der Waals surface area contributed by atoms with Crippen LogP contribution in [0.4, 0.5) is 8.78 Å². The molecule has 0 unspecified atom stereocenters. The molecule has 0 heterocycles. The Morgan fingerprint density at radius 1 is 1.21 bits per heavy atom. The van der Waals surface area contributed by atoms with Gasteiger partial charge in [-0.25, -0.2) is 18.6 Å². The van der Waals surface area contributed by atoms with Gasteiger partial charge in [-0.2, -0.15) is 5.26 Å². The average Bonchev–Trinajstić information content (AvgIpc) is 2.70. The summed E-state index contributed by atoms with van der Waals surface area (Å²) in [6, 6.07) is 9.72. The van der Waals surface area contributed by atoms with Crippen molar-refractivity contribution in [2.45, 2.75) is 13.0 Å². The van der Waals surface area contributed by atoms with Crippen molar-refractivity contribution in [3.05, 3.63) is 59.2 Å². The van der Waals surface area contributed by atoms with E-state index in [4.69, 9.17) is 11.0 Å². The second-order valence-electron chi connectivity index (χ2n) is 5.67. The van der Waals surface area contributed by atoms with Gasteiger partial charge in [-0.05, 0) is 23.3 Å². The Balaban J connectivity index is 2.19. The number of hydrogen-bond donors (Lipinski definition) is 3. The first-order valence-electron chi connectivity index (χ1n) is 8.24. The number of carbonyl (C=O) groups is 2. The highest BCUT2D eigenvalue weighted by Crippen LogP contribution is 2.28. The van der Waals surface area contributed by atoms with Gasteiger partial charge in [-0.1, -0.05) is 24.3 Å². The Morgan fingerprint density at radius 3 is 2.62 bits per heavy atom. The first-order chi connectivity index (χ1) is 13.9. The van der Waals surface area contributed by atoms with Crippen LogP contribution in [0.1, 0.15) is 22.3 Å². The van der Waals surface area contributed by atoms with Crippen molar-refractivity contribution < 1.29 is 23.1 Å². The topological polar surface area (TPSA) is 130 Å². The molecule has 0 aliphatic carbocycles.